The number of benzene rings is 1. The Morgan fingerprint density at radius 2 is 2.00 bits per heavy atom. The molecule has 20 heavy (non-hydrogen) atoms. The van der Waals surface area contributed by atoms with Crippen LogP contribution >= 0.6 is 11.8 Å². The monoisotopic (exact) mass is 287 g/mol. The van der Waals surface area contributed by atoms with Crippen LogP contribution in [0.3, 0.4) is 0 Å². The first-order valence-electron chi connectivity index (χ1n) is 7.21. The first kappa shape index (κ1) is 13.7. The predicted octanol–water partition coefficient (Wildman–Crippen LogP) is 3.64. The average molecular weight is 287 g/mol. The fraction of sp³-hybridized carbons (Fsp3) is 0.438. The van der Waals surface area contributed by atoms with Crippen molar-refractivity contribution in [1.29, 1.82) is 0 Å². The summed E-state index contributed by atoms with van der Waals surface area (Å²) in [5, 5.41) is 6.22. The SMILES string of the molecule is CSc1cncc2cccc(NC3CCC(N)CC3)c12. The summed E-state index contributed by atoms with van der Waals surface area (Å²) >= 11 is 1.75. The van der Waals surface area contributed by atoms with E-state index in [1.54, 1.807) is 11.8 Å². The minimum Gasteiger partial charge on any atom is -0.382 e. The summed E-state index contributed by atoms with van der Waals surface area (Å²) in [4.78, 5) is 5.55. The molecule has 0 bridgehead atoms. The lowest BCUT2D eigenvalue weighted by molar-refractivity contribution is 0.411. The number of thioether (sulfide) groups is 1. The number of nitrogens with one attached hydrogen (secondary N) is 1. The van der Waals surface area contributed by atoms with Gasteiger partial charge in [0.05, 0.1) is 0 Å². The molecule has 3 rings (SSSR count). The molecule has 4 heteroatoms. The summed E-state index contributed by atoms with van der Waals surface area (Å²) in [7, 11) is 0. The Hall–Kier alpha value is -1.26. The molecule has 0 unspecified atom stereocenters. The number of nitrogens with zero attached hydrogens (tertiary/aromatic N) is 1. The number of rotatable bonds is 3. The zero-order valence-electron chi connectivity index (χ0n) is 11.8. The highest BCUT2D eigenvalue weighted by Crippen LogP contribution is 2.33. The highest BCUT2D eigenvalue weighted by Gasteiger charge is 2.19. The van der Waals surface area contributed by atoms with Crippen LogP contribution in [0.15, 0.2) is 35.5 Å². The van der Waals surface area contributed by atoms with Crippen LogP contribution in [0.5, 0.6) is 0 Å². The van der Waals surface area contributed by atoms with Crippen LogP contribution < -0.4 is 11.1 Å². The first-order valence-corrected chi connectivity index (χ1v) is 8.43. The molecule has 1 aliphatic rings. The third-order valence-electron chi connectivity index (χ3n) is 4.10. The van der Waals surface area contributed by atoms with Gasteiger partial charge in [-0.05, 0) is 38.0 Å². The molecule has 3 nitrogen and oxygen atoms in total. The van der Waals surface area contributed by atoms with Crippen LogP contribution in [0, 0.1) is 0 Å². The summed E-state index contributed by atoms with van der Waals surface area (Å²) in [5.41, 5.74) is 7.22. The van der Waals surface area contributed by atoms with Crippen molar-refractivity contribution < 1.29 is 0 Å². The van der Waals surface area contributed by atoms with E-state index < -0.39 is 0 Å². The molecular formula is C16H21N3S. The van der Waals surface area contributed by atoms with Crippen molar-refractivity contribution in [2.75, 3.05) is 11.6 Å². The lowest BCUT2D eigenvalue weighted by atomic mass is 9.91. The molecule has 106 valence electrons. The fourth-order valence-electron chi connectivity index (χ4n) is 2.96. The fourth-order valence-corrected chi connectivity index (χ4v) is 3.56. The molecule has 0 aliphatic heterocycles. The number of aromatic nitrogens is 1. The van der Waals surface area contributed by atoms with Crippen molar-refractivity contribution >= 4 is 28.2 Å². The number of hydrogen-bond donors (Lipinski definition) is 2. The minimum atomic E-state index is 0.395. The van der Waals surface area contributed by atoms with Gasteiger partial charge in [0.2, 0.25) is 0 Å². The predicted molar refractivity (Wildman–Crippen MR) is 87.4 cm³/mol. The van der Waals surface area contributed by atoms with Gasteiger partial charge in [0.15, 0.2) is 0 Å². The van der Waals surface area contributed by atoms with Gasteiger partial charge in [0, 0.05) is 45.8 Å². The van der Waals surface area contributed by atoms with Crippen LogP contribution in [0.1, 0.15) is 25.7 Å². The van der Waals surface area contributed by atoms with Crippen molar-refractivity contribution in [3.63, 3.8) is 0 Å². The largest absolute Gasteiger partial charge is 0.382 e. The van der Waals surface area contributed by atoms with Gasteiger partial charge in [-0.3, -0.25) is 4.98 Å². The number of pyridine rings is 1. The molecule has 0 spiro atoms. The molecule has 1 aromatic heterocycles. The van der Waals surface area contributed by atoms with Gasteiger partial charge in [-0.15, -0.1) is 11.8 Å². The van der Waals surface area contributed by atoms with Crippen LogP contribution in [0.2, 0.25) is 0 Å². The second-order valence-corrected chi connectivity index (χ2v) is 6.35. The van der Waals surface area contributed by atoms with Crippen molar-refractivity contribution in [3.05, 3.63) is 30.6 Å². The number of fused-ring (bicyclic) bond motifs is 1. The van der Waals surface area contributed by atoms with Crippen LogP contribution in [0.4, 0.5) is 5.69 Å². The molecule has 1 aromatic carbocycles. The quantitative estimate of drug-likeness (QED) is 0.846. The third kappa shape index (κ3) is 2.76. The van der Waals surface area contributed by atoms with E-state index in [9.17, 15) is 0 Å². The van der Waals surface area contributed by atoms with Crippen molar-refractivity contribution in [2.24, 2.45) is 5.73 Å². The Labute approximate surface area is 124 Å². The normalized spacial score (nSPS) is 22.9. The van der Waals surface area contributed by atoms with Crippen molar-refractivity contribution in [3.8, 4) is 0 Å². The van der Waals surface area contributed by atoms with E-state index in [0.29, 0.717) is 12.1 Å². The highest BCUT2D eigenvalue weighted by molar-refractivity contribution is 7.98. The van der Waals surface area contributed by atoms with Gasteiger partial charge in [-0.2, -0.15) is 0 Å². The lowest BCUT2D eigenvalue weighted by Gasteiger charge is -2.28. The van der Waals surface area contributed by atoms with Crippen LogP contribution in [-0.2, 0) is 0 Å². The standard InChI is InChI=1S/C16H21N3S/c1-20-15-10-18-9-11-3-2-4-14(16(11)15)19-13-7-5-12(17)6-8-13/h2-4,9-10,12-13,19H,5-8,17H2,1H3. The zero-order chi connectivity index (χ0) is 13.9. The van der Waals surface area contributed by atoms with Gasteiger partial charge in [0.1, 0.15) is 0 Å². The van der Waals surface area contributed by atoms with E-state index >= 15 is 0 Å². The average Bonchev–Trinajstić information content (AvgIpc) is 2.49. The third-order valence-corrected chi connectivity index (χ3v) is 4.85. The van der Waals surface area contributed by atoms with Gasteiger partial charge in [0.25, 0.3) is 0 Å². The number of nitrogens with two attached hydrogens (primary N) is 1. The van der Waals surface area contributed by atoms with Gasteiger partial charge in [-0.1, -0.05) is 12.1 Å². The maximum absolute atomic E-state index is 5.99. The van der Waals surface area contributed by atoms with E-state index in [1.165, 1.54) is 21.4 Å². The van der Waals surface area contributed by atoms with E-state index in [-0.39, 0.29) is 0 Å². The van der Waals surface area contributed by atoms with Gasteiger partial charge < -0.3 is 11.1 Å². The smallest absolute Gasteiger partial charge is 0.0434 e. The van der Waals surface area contributed by atoms with E-state index in [2.05, 4.69) is 34.8 Å². The van der Waals surface area contributed by atoms with Crippen LogP contribution in [-0.4, -0.2) is 23.3 Å². The molecular weight excluding hydrogens is 266 g/mol. The summed E-state index contributed by atoms with van der Waals surface area (Å²) in [6.45, 7) is 0. The molecule has 0 amide bonds. The maximum atomic E-state index is 5.99. The Morgan fingerprint density at radius 1 is 1.20 bits per heavy atom. The molecule has 1 heterocycles. The summed E-state index contributed by atoms with van der Waals surface area (Å²) in [6, 6.07) is 7.35. The highest BCUT2D eigenvalue weighted by atomic mass is 32.2. The lowest BCUT2D eigenvalue weighted by Crippen LogP contribution is -2.32. The minimum absolute atomic E-state index is 0.395. The van der Waals surface area contributed by atoms with Gasteiger partial charge >= 0.3 is 0 Å². The first-order chi connectivity index (χ1) is 9.78. The second kappa shape index (κ2) is 6.02. The molecule has 0 radical (unpaired) electrons. The topological polar surface area (TPSA) is 50.9 Å². The Morgan fingerprint density at radius 3 is 2.75 bits per heavy atom. The summed E-state index contributed by atoms with van der Waals surface area (Å²) in [5.74, 6) is 0. The molecule has 1 fully saturated rings. The Kier molecular flexibility index (Phi) is 4.13. The molecule has 1 aliphatic carbocycles. The van der Waals surface area contributed by atoms with Crippen LogP contribution in [0.25, 0.3) is 10.8 Å². The maximum Gasteiger partial charge on any atom is 0.0434 e. The molecule has 0 saturated heterocycles. The Balaban J connectivity index is 1.91. The zero-order valence-corrected chi connectivity index (χ0v) is 12.6. The number of hydrogen-bond acceptors (Lipinski definition) is 4. The van der Waals surface area contributed by atoms with Gasteiger partial charge in [-0.25, -0.2) is 0 Å². The van der Waals surface area contributed by atoms with E-state index in [0.717, 1.165) is 25.7 Å². The summed E-state index contributed by atoms with van der Waals surface area (Å²) < 4.78 is 0. The molecule has 1 saturated carbocycles. The molecule has 2 aromatic rings. The summed E-state index contributed by atoms with van der Waals surface area (Å²) in [6.07, 6.45) is 10.6. The van der Waals surface area contributed by atoms with E-state index in [4.69, 9.17) is 5.73 Å². The van der Waals surface area contributed by atoms with Crippen molar-refractivity contribution in [2.45, 2.75) is 42.7 Å². The molecule has 3 N–H and O–H groups in total. The van der Waals surface area contributed by atoms with E-state index in [1.807, 2.05) is 12.4 Å². The van der Waals surface area contributed by atoms with Crippen molar-refractivity contribution in [1.82, 2.24) is 4.98 Å². The Bertz CT molecular complexity index is 586. The number of anilines is 1. The second-order valence-electron chi connectivity index (χ2n) is 5.50. The molecule has 0 atom stereocenters.